The molecule has 0 spiro atoms. The topological polar surface area (TPSA) is 114 Å². The van der Waals surface area contributed by atoms with Crippen LogP contribution in [-0.4, -0.2) is 32.9 Å². The average molecular weight is 394 g/mol. The Hall–Kier alpha value is -3.62. The molecule has 3 aromatic rings. The first-order chi connectivity index (χ1) is 14.0. The molecule has 4 rings (SSSR count). The second-order valence-electron chi connectivity index (χ2n) is 6.92. The fraction of sp³-hybridized carbons (Fsp3) is 0.300. The standard InChI is InChI=1S/C20H22N6O3/c1-12-10-17(23-20(28)21-13-6-5-7-14(11-13)29-2)26(25-12)19-22-16-9-4-3-8-15(16)18(27)24-19/h5-7,10-11H,3-4,8-9H2,1-2H3,(H2,21,23,28)(H,22,24,27). The molecule has 2 aromatic heterocycles. The number of anilines is 2. The summed E-state index contributed by atoms with van der Waals surface area (Å²) in [5.41, 5.74) is 2.67. The lowest BCUT2D eigenvalue weighted by Gasteiger charge is -2.15. The van der Waals surface area contributed by atoms with Gasteiger partial charge in [0.1, 0.15) is 11.6 Å². The van der Waals surface area contributed by atoms with E-state index in [-0.39, 0.29) is 5.56 Å². The summed E-state index contributed by atoms with van der Waals surface area (Å²) in [5.74, 6) is 1.33. The highest BCUT2D eigenvalue weighted by atomic mass is 16.5. The molecule has 0 atom stereocenters. The maximum atomic E-state index is 12.5. The first-order valence-corrected chi connectivity index (χ1v) is 9.44. The van der Waals surface area contributed by atoms with Crippen LogP contribution >= 0.6 is 0 Å². The Bertz CT molecular complexity index is 1120. The molecular weight excluding hydrogens is 372 g/mol. The summed E-state index contributed by atoms with van der Waals surface area (Å²) in [7, 11) is 1.56. The molecule has 2 amide bonds. The van der Waals surface area contributed by atoms with Crippen LogP contribution in [0.3, 0.4) is 0 Å². The lowest BCUT2D eigenvalue weighted by molar-refractivity contribution is 0.262. The van der Waals surface area contributed by atoms with E-state index in [2.05, 4.69) is 25.7 Å². The molecule has 0 bridgehead atoms. The van der Waals surface area contributed by atoms with E-state index < -0.39 is 6.03 Å². The van der Waals surface area contributed by atoms with E-state index >= 15 is 0 Å². The Morgan fingerprint density at radius 2 is 2.03 bits per heavy atom. The minimum absolute atomic E-state index is 0.148. The van der Waals surface area contributed by atoms with Gasteiger partial charge in [-0.1, -0.05) is 6.07 Å². The number of carbonyl (C=O) groups is 1. The molecule has 9 nitrogen and oxygen atoms in total. The molecule has 0 saturated carbocycles. The first kappa shape index (κ1) is 18.7. The number of amides is 2. The number of benzene rings is 1. The van der Waals surface area contributed by atoms with Gasteiger partial charge in [0.15, 0.2) is 0 Å². The molecule has 1 aromatic carbocycles. The van der Waals surface area contributed by atoms with Crippen molar-refractivity contribution in [3.63, 3.8) is 0 Å². The molecular formula is C20H22N6O3. The first-order valence-electron chi connectivity index (χ1n) is 9.44. The number of ether oxygens (including phenoxy) is 1. The molecule has 0 fully saturated rings. The van der Waals surface area contributed by atoms with Gasteiger partial charge in [0.05, 0.1) is 18.5 Å². The molecule has 3 N–H and O–H groups in total. The molecule has 9 heteroatoms. The number of hydrogen-bond acceptors (Lipinski definition) is 5. The number of hydrogen-bond donors (Lipinski definition) is 3. The van der Waals surface area contributed by atoms with Crippen molar-refractivity contribution < 1.29 is 9.53 Å². The van der Waals surface area contributed by atoms with Gasteiger partial charge in [-0.3, -0.25) is 15.1 Å². The third-order valence-corrected chi connectivity index (χ3v) is 4.78. The lowest BCUT2D eigenvalue weighted by atomic mass is 9.97. The van der Waals surface area contributed by atoms with Gasteiger partial charge in [0.2, 0.25) is 5.95 Å². The monoisotopic (exact) mass is 394 g/mol. The Morgan fingerprint density at radius 3 is 2.86 bits per heavy atom. The molecule has 0 radical (unpaired) electrons. The predicted octanol–water partition coefficient (Wildman–Crippen LogP) is 2.80. The zero-order chi connectivity index (χ0) is 20.4. The SMILES string of the molecule is COc1cccc(NC(=O)Nc2cc(C)nn2-c2nc3c(c(=O)[nH]2)CCCC3)c1. The number of aromatic nitrogens is 4. The van der Waals surface area contributed by atoms with Crippen LogP contribution in [0, 0.1) is 6.92 Å². The third-order valence-electron chi connectivity index (χ3n) is 4.78. The summed E-state index contributed by atoms with van der Waals surface area (Å²) in [6.07, 6.45) is 3.51. The van der Waals surface area contributed by atoms with Crippen LogP contribution < -0.4 is 20.9 Å². The van der Waals surface area contributed by atoms with Crippen LogP contribution in [-0.2, 0) is 12.8 Å². The van der Waals surface area contributed by atoms with Gasteiger partial charge in [0.25, 0.3) is 5.56 Å². The van der Waals surface area contributed by atoms with Crippen LogP contribution in [0.5, 0.6) is 5.75 Å². The minimum Gasteiger partial charge on any atom is -0.497 e. The van der Waals surface area contributed by atoms with Gasteiger partial charge >= 0.3 is 6.03 Å². The Labute approximate surface area is 167 Å². The van der Waals surface area contributed by atoms with Crippen molar-refractivity contribution in [2.45, 2.75) is 32.6 Å². The molecule has 2 heterocycles. The van der Waals surface area contributed by atoms with E-state index in [0.717, 1.165) is 36.9 Å². The second-order valence-corrected chi connectivity index (χ2v) is 6.92. The normalized spacial score (nSPS) is 12.9. The predicted molar refractivity (Wildman–Crippen MR) is 109 cm³/mol. The molecule has 150 valence electrons. The zero-order valence-corrected chi connectivity index (χ0v) is 16.3. The minimum atomic E-state index is -0.445. The van der Waals surface area contributed by atoms with E-state index in [4.69, 9.17) is 4.74 Å². The van der Waals surface area contributed by atoms with E-state index in [1.807, 2.05) is 0 Å². The van der Waals surface area contributed by atoms with E-state index in [0.29, 0.717) is 28.9 Å². The highest BCUT2D eigenvalue weighted by Crippen LogP contribution is 2.20. The van der Waals surface area contributed by atoms with Gasteiger partial charge in [-0.05, 0) is 44.7 Å². The quantitative estimate of drug-likeness (QED) is 0.630. The van der Waals surface area contributed by atoms with E-state index in [9.17, 15) is 9.59 Å². The third kappa shape index (κ3) is 3.98. The van der Waals surface area contributed by atoms with Gasteiger partial charge in [-0.2, -0.15) is 9.78 Å². The molecule has 0 aliphatic heterocycles. The van der Waals surface area contributed by atoms with Gasteiger partial charge < -0.3 is 10.1 Å². The van der Waals surface area contributed by atoms with Crippen LogP contribution in [0.2, 0.25) is 0 Å². The summed E-state index contributed by atoms with van der Waals surface area (Å²) < 4.78 is 6.61. The Morgan fingerprint density at radius 1 is 1.21 bits per heavy atom. The number of fused-ring (bicyclic) bond motifs is 1. The van der Waals surface area contributed by atoms with Crippen molar-refractivity contribution in [3.8, 4) is 11.7 Å². The number of nitrogens with zero attached hydrogens (tertiary/aromatic N) is 3. The van der Waals surface area contributed by atoms with Crippen molar-refractivity contribution in [1.29, 1.82) is 0 Å². The smallest absolute Gasteiger partial charge is 0.324 e. The van der Waals surface area contributed by atoms with Crippen molar-refractivity contribution >= 4 is 17.5 Å². The average Bonchev–Trinajstić information content (AvgIpc) is 3.08. The number of carbonyl (C=O) groups excluding carboxylic acids is 1. The van der Waals surface area contributed by atoms with Gasteiger partial charge in [-0.15, -0.1) is 0 Å². The van der Waals surface area contributed by atoms with Crippen LogP contribution in [0.4, 0.5) is 16.3 Å². The number of aryl methyl sites for hydroxylation is 2. The van der Waals surface area contributed by atoms with Crippen LogP contribution in [0.15, 0.2) is 35.1 Å². The van der Waals surface area contributed by atoms with E-state index in [1.54, 1.807) is 44.4 Å². The fourth-order valence-electron chi connectivity index (χ4n) is 3.42. The van der Waals surface area contributed by atoms with Gasteiger partial charge in [0, 0.05) is 23.4 Å². The molecule has 0 saturated heterocycles. The number of H-pyrrole nitrogens is 1. The number of aromatic amines is 1. The summed E-state index contributed by atoms with van der Waals surface area (Å²) in [5, 5.41) is 9.89. The van der Waals surface area contributed by atoms with Crippen molar-refractivity contribution in [2.75, 3.05) is 17.7 Å². The largest absolute Gasteiger partial charge is 0.497 e. The Kier molecular flexibility index (Phi) is 5.03. The van der Waals surface area contributed by atoms with Crippen molar-refractivity contribution in [3.05, 3.63) is 57.6 Å². The molecule has 1 aliphatic rings. The van der Waals surface area contributed by atoms with Gasteiger partial charge in [-0.25, -0.2) is 9.78 Å². The number of rotatable bonds is 4. The van der Waals surface area contributed by atoms with E-state index in [1.165, 1.54) is 4.68 Å². The Balaban J connectivity index is 1.59. The maximum Gasteiger partial charge on any atom is 0.324 e. The number of nitrogens with one attached hydrogen (secondary N) is 3. The summed E-state index contributed by atoms with van der Waals surface area (Å²) in [6.45, 7) is 1.80. The van der Waals surface area contributed by atoms with Crippen molar-refractivity contribution in [2.24, 2.45) is 0 Å². The van der Waals surface area contributed by atoms with Crippen LogP contribution in [0.1, 0.15) is 29.8 Å². The van der Waals surface area contributed by atoms with Crippen LogP contribution in [0.25, 0.3) is 5.95 Å². The highest BCUT2D eigenvalue weighted by Gasteiger charge is 2.19. The molecule has 1 aliphatic carbocycles. The number of urea groups is 1. The fourth-order valence-corrected chi connectivity index (χ4v) is 3.42. The van der Waals surface area contributed by atoms with Crippen molar-refractivity contribution in [1.82, 2.24) is 19.7 Å². The molecule has 29 heavy (non-hydrogen) atoms. The second kappa shape index (κ2) is 7.78. The summed E-state index contributed by atoms with van der Waals surface area (Å²) >= 11 is 0. The maximum absolute atomic E-state index is 12.5. The zero-order valence-electron chi connectivity index (χ0n) is 16.3. The highest BCUT2D eigenvalue weighted by molar-refractivity contribution is 5.99. The lowest BCUT2D eigenvalue weighted by Crippen LogP contribution is -2.25. The summed E-state index contributed by atoms with van der Waals surface area (Å²) in [4.78, 5) is 32.3. The summed E-state index contributed by atoms with van der Waals surface area (Å²) in [6, 6.07) is 8.31. The number of methoxy groups -OCH3 is 1. The molecule has 0 unspecified atom stereocenters.